The van der Waals surface area contributed by atoms with Crippen LogP contribution in [0, 0.1) is 0 Å². The van der Waals surface area contributed by atoms with Gasteiger partial charge in [-0.15, -0.1) is 0 Å². The van der Waals surface area contributed by atoms with Gasteiger partial charge in [0.1, 0.15) is 5.75 Å². The maximum absolute atomic E-state index is 5.85. The summed E-state index contributed by atoms with van der Waals surface area (Å²) in [5, 5.41) is 0. The predicted molar refractivity (Wildman–Crippen MR) is 88.1 cm³/mol. The van der Waals surface area contributed by atoms with Crippen LogP contribution in [0.4, 0.5) is 11.4 Å². The average molecular weight is 289 g/mol. The summed E-state index contributed by atoms with van der Waals surface area (Å²) in [5.41, 5.74) is 7.79. The molecular weight excluding hydrogens is 262 g/mol. The molecule has 0 bridgehead atoms. The summed E-state index contributed by atoms with van der Waals surface area (Å²) in [6, 6.07) is 6.76. The van der Waals surface area contributed by atoms with Crippen molar-refractivity contribution in [2.75, 3.05) is 43.9 Å². The van der Waals surface area contributed by atoms with Crippen molar-refractivity contribution in [3.05, 3.63) is 18.2 Å². The van der Waals surface area contributed by atoms with Crippen molar-refractivity contribution < 1.29 is 4.74 Å². The SMILES string of the molecule is COc1cc(N)ccc1N1CCC(N2CCCCC2)CC1. The third kappa shape index (κ3) is 3.26. The molecule has 2 aliphatic heterocycles. The molecule has 0 saturated carbocycles. The van der Waals surface area contributed by atoms with E-state index in [1.54, 1.807) is 7.11 Å². The molecule has 2 fully saturated rings. The van der Waals surface area contributed by atoms with Crippen molar-refractivity contribution in [1.29, 1.82) is 0 Å². The first-order chi connectivity index (χ1) is 10.3. The molecule has 4 heteroatoms. The van der Waals surface area contributed by atoms with Crippen molar-refractivity contribution in [2.45, 2.75) is 38.1 Å². The normalized spacial score (nSPS) is 21.5. The predicted octanol–water partition coefficient (Wildman–Crippen LogP) is 2.73. The minimum atomic E-state index is 0.763. The van der Waals surface area contributed by atoms with E-state index in [1.807, 2.05) is 12.1 Å². The number of nitrogens with two attached hydrogens (primary N) is 1. The lowest BCUT2D eigenvalue weighted by molar-refractivity contribution is 0.141. The third-order valence-electron chi connectivity index (χ3n) is 4.92. The number of nitrogen functional groups attached to an aromatic ring is 1. The molecule has 0 spiro atoms. The van der Waals surface area contributed by atoms with E-state index in [4.69, 9.17) is 10.5 Å². The molecule has 2 N–H and O–H groups in total. The molecule has 1 aromatic rings. The second-order valence-electron chi connectivity index (χ2n) is 6.25. The molecule has 116 valence electrons. The number of rotatable bonds is 3. The molecule has 0 radical (unpaired) electrons. The fourth-order valence-corrected chi connectivity index (χ4v) is 3.71. The molecule has 0 amide bonds. The molecule has 2 heterocycles. The van der Waals surface area contributed by atoms with Crippen LogP contribution >= 0.6 is 0 Å². The van der Waals surface area contributed by atoms with E-state index in [0.29, 0.717) is 0 Å². The van der Waals surface area contributed by atoms with Crippen LogP contribution in [0.2, 0.25) is 0 Å². The summed E-state index contributed by atoms with van der Waals surface area (Å²) < 4.78 is 5.49. The summed E-state index contributed by atoms with van der Waals surface area (Å²) in [5.74, 6) is 0.895. The highest BCUT2D eigenvalue weighted by molar-refractivity contribution is 5.64. The van der Waals surface area contributed by atoms with Crippen LogP contribution in [0.15, 0.2) is 18.2 Å². The molecule has 1 aromatic carbocycles. The van der Waals surface area contributed by atoms with Crippen molar-refractivity contribution in [1.82, 2.24) is 4.90 Å². The van der Waals surface area contributed by atoms with Crippen LogP contribution in [0.1, 0.15) is 32.1 Å². The number of ether oxygens (including phenoxy) is 1. The van der Waals surface area contributed by atoms with Gasteiger partial charge in [0.15, 0.2) is 0 Å². The topological polar surface area (TPSA) is 41.7 Å². The van der Waals surface area contributed by atoms with Crippen molar-refractivity contribution in [2.24, 2.45) is 0 Å². The highest BCUT2D eigenvalue weighted by Crippen LogP contribution is 2.33. The zero-order valence-electron chi connectivity index (χ0n) is 13.1. The van der Waals surface area contributed by atoms with Crippen molar-refractivity contribution >= 4 is 11.4 Å². The quantitative estimate of drug-likeness (QED) is 0.869. The van der Waals surface area contributed by atoms with Gasteiger partial charge in [0, 0.05) is 30.9 Å². The number of hydrogen-bond acceptors (Lipinski definition) is 4. The monoisotopic (exact) mass is 289 g/mol. The molecule has 3 rings (SSSR count). The summed E-state index contributed by atoms with van der Waals surface area (Å²) in [6.07, 6.45) is 6.69. The number of anilines is 2. The van der Waals surface area contributed by atoms with Gasteiger partial charge in [0.25, 0.3) is 0 Å². The molecule has 0 aliphatic carbocycles. The first-order valence-electron chi connectivity index (χ1n) is 8.20. The lowest BCUT2D eigenvalue weighted by Gasteiger charge is -2.41. The van der Waals surface area contributed by atoms with E-state index < -0.39 is 0 Å². The molecule has 0 unspecified atom stereocenters. The minimum absolute atomic E-state index is 0.763. The van der Waals surface area contributed by atoms with Crippen LogP contribution in [0.3, 0.4) is 0 Å². The van der Waals surface area contributed by atoms with Gasteiger partial charge in [0.05, 0.1) is 12.8 Å². The van der Waals surface area contributed by atoms with Gasteiger partial charge in [-0.25, -0.2) is 0 Å². The lowest BCUT2D eigenvalue weighted by atomic mass is 9.99. The Hall–Kier alpha value is -1.42. The molecule has 2 saturated heterocycles. The van der Waals surface area contributed by atoms with E-state index in [-0.39, 0.29) is 0 Å². The Balaban J connectivity index is 1.62. The molecular formula is C17H27N3O. The van der Waals surface area contributed by atoms with E-state index >= 15 is 0 Å². The first-order valence-corrected chi connectivity index (χ1v) is 8.20. The summed E-state index contributed by atoms with van der Waals surface area (Å²) in [6.45, 7) is 4.83. The summed E-state index contributed by atoms with van der Waals surface area (Å²) >= 11 is 0. The van der Waals surface area contributed by atoms with Crippen LogP contribution in [-0.4, -0.2) is 44.2 Å². The fraction of sp³-hybridized carbons (Fsp3) is 0.647. The number of piperidine rings is 2. The zero-order chi connectivity index (χ0) is 14.7. The molecule has 4 nitrogen and oxygen atoms in total. The number of likely N-dealkylation sites (tertiary alicyclic amines) is 1. The van der Waals surface area contributed by atoms with E-state index in [9.17, 15) is 0 Å². The standard InChI is InChI=1S/C17H27N3O/c1-21-17-13-14(18)5-6-16(17)20-11-7-15(8-12-20)19-9-3-2-4-10-19/h5-6,13,15H,2-4,7-12,18H2,1H3. The molecule has 0 atom stereocenters. The summed E-state index contributed by atoms with van der Waals surface area (Å²) in [7, 11) is 1.72. The summed E-state index contributed by atoms with van der Waals surface area (Å²) in [4.78, 5) is 5.15. The maximum atomic E-state index is 5.85. The average Bonchev–Trinajstić information content (AvgIpc) is 2.56. The second-order valence-corrected chi connectivity index (χ2v) is 6.25. The highest BCUT2D eigenvalue weighted by Gasteiger charge is 2.26. The van der Waals surface area contributed by atoms with Crippen molar-refractivity contribution in [3.63, 3.8) is 0 Å². The van der Waals surface area contributed by atoms with E-state index in [0.717, 1.165) is 30.6 Å². The zero-order valence-corrected chi connectivity index (χ0v) is 13.1. The Morgan fingerprint density at radius 2 is 1.76 bits per heavy atom. The minimum Gasteiger partial charge on any atom is -0.495 e. The van der Waals surface area contributed by atoms with E-state index in [1.165, 1.54) is 50.9 Å². The Morgan fingerprint density at radius 3 is 2.43 bits per heavy atom. The Kier molecular flexibility index (Phi) is 4.54. The van der Waals surface area contributed by atoms with Gasteiger partial charge >= 0.3 is 0 Å². The van der Waals surface area contributed by atoms with Crippen LogP contribution in [0.25, 0.3) is 0 Å². The first kappa shape index (κ1) is 14.5. The molecule has 2 aliphatic rings. The molecule has 21 heavy (non-hydrogen) atoms. The Bertz CT molecular complexity index is 463. The number of methoxy groups -OCH3 is 1. The lowest BCUT2D eigenvalue weighted by Crippen LogP contribution is -2.46. The van der Waals surface area contributed by atoms with Gasteiger partial charge in [0.2, 0.25) is 0 Å². The number of nitrogens with zero attached hydrogens (tertiary/aromatic N) is 2. The van der Waals surface area contributed by atoms with Gasteiger partial charge in [-0.2, -0.15) is 0 Å². The fourth-order valence-electron chi connectivity index (χ4n) is 3.71. The Morgan fingerprint density at radius 1 is 1.05 bits per heavy atom. The Labute approximate surface area is 127 Å². The number of hydrogen-bond donors (Lipinski definition) is 1. The van der Waals surface area contributed by atoms with Gasteiger partial charge in [-0.05, 0) is 50.9 Å². The van der Waals surface area contributed by atoms with Crippen LogP contribution in [0.5, 0.6) is 5.75 Å². The second kappa shape index (κ2) is 6.56. The number of benzene rings is 1. The van der Waals surface area contributed by atoms with Gasteiger partial charge in [-0.3, -0.25) is 0 Å². The molecule has 0 aromatic heterocycles. The van der Waals surface area contributed by atoms with Crippen LogP contribution < -0.4 is 15.4 Å². The van der Waals surface area contributed by atoms with Crippen molar-refractivity contribution in [3.8, 4) is 5.75 Å². The van der Waals surface area contributed by atoms with E-state index in [2.05, 4.69) is 15.9 Å². The smallest absolute Gasteiger partial charge is 0.144 e. The van der Waals surface area contributed by atoms with Gasteiger partial charge < -0.3 is 20.3 Å². The largest absolute Gasteiger partial charge is 0.495 e. The van der Waals surface area contributed by atoms with Gasteiger partial charge in [-0.1, -0.05) is 6.42 Å². The van der Waals surface area contributed by atoms with Crippen LogP contribution in [-0.2, 0) is 0 Å². The maximum Gasteiger partial charge on any atom is 0.144 e. The highest BCUT2D eigenvalue weighted by atomic mass is 16.5. The third-order valence-corrected chi connectivity index (χ3v) is 4.92.